The van der Waals surface area contributed by atoms with E-state index in [9.17, 15) is 15.0 Å². The summed E-state index contributed by atoms with van der Waals surface area (Å²) in [7, 11) is 0. The van der Waals surface area contributed by atoms with E-state index in [2.05, 4.69) is 6.92 Å². The number of unbranched alkanes of at least 4 members (excludes halogenated alkanes) is 6. The molecule has 118 valence electrons. The highest BCUT2D eigenvalue weighted by molar-refractivity contribution is 5.89. The average Bonchev–Trinajstić information content (AvgIpc) is 2.46. The second-order valence-electron chi connectivity index (χ2n) is 6.00. The molecule has 0 heterocycles. The van der Waals surface area contributed by atoms with Gasteiger partial charge >= 0.3 is 5.97 Å². The van der Waals surface area contributed by atoms with Crippen molar-refractivity contribution in [3.8, 4) is 0 Å². The minimum atomic E-state index is -1.07. The lowest BCUT2D eigenvalue weighted by Crippen LogP contribution is -2.24. The molecule has 0 saturated carbocycles. The predicted octanol–water partition coefficient (Wildman–Crippen LogP) is 4.73. The maximum Gasteiger partial charge on any atom is 0.336 e. The largest absolute Gasteiger partial charge is 0.478 e. The van der Waals surface area contributed by atoms with E-state index in [1.165, 1.54) is 32.1 Å². The van der Waals surface area contributed by atoms with Gasteiger partial charge in [0.1, 0.15) is 0 Å². The first-order valence-corrected chi connectivity index (χ1v) is 8.04. The SMILES string of the molecule is CCCCCCCCCC(C)(O)c1ccccc1C(=O)O. The van der Waals surface area contributed by atoms with Gasteiger partial charge in [-0.05, 0) is 25.0 Å². The molecule has 0 bridgehead atoms. The molecular formula is C18H28O3. The first-order valence-electron chi connectivity index (χ1n) is 8.04. The van der Waals surface area contributed by atoms with E-state index < -0.39 is 11.6 Å². The summed E-state index contributed by atoms with van der Waals surface area (Å²) >= 11 is 0. The molecule has 1 aromatic rings. The van der Waals surface area contributed by atoms with E-state index >= 15 is 0 Å². The van der Waals surface area contributed by atoms with Crippen molar-refractivity contribution in [2.45, 2.75) is 70.8 Å². The third-order valence-electron chi connectivity index (χ3n) is 4.00. The van der Waals surface area contributed by atoms with Gasteiger partial charge in [-0.15, -0.1) is 0 Å². The molecule has 0 radical (unpaired) electrons. The molecule has 0 spiro atoms. The van der Waals surface area contributed by atoms with Crippen LogP contribution in [-0.2, 0) is 5.60 Å². The topological polar surface area (TPSA) is 57.5 Å². The van der Waals surface area contributed by atoms with Crippen LogP contribution in [0.5, 0.6) is 0 Å². The Balaban J connectivity index is 2.48. The summed E-state index contributed by atoms with van der Waals surface area (Å²) in [6, 6.07) is 6.74. The van der Waals surface area contributed by atoms with Crippen LogP contribution in [0.1, 0.15) is 81.1 Å². The standard InChI is InChI=1S/C18H28O3/c1-3-4-5-6-7-8-11-14-18(2,21)16-13-10-9-12-15(16)17(19)20/h9-10,12-13,21H,3-8,11,14H2,1-2H3,(H,19,20). The molecule has 3 nitrogen and oxygen atoms in total. The van der Waals surface area contributed by atoms with E-state index in [1.807, 2.05) is 0 Å². The Bertz CT molecular complexity index is 438. The van der Waals surface area contributed by atoms with Gasteiger partial charge in [0.25, 0.3) is 0 Å². The smallest absolute Gasteiger partial charge is 0.336 e. The Kier molecular flexibility index (Phi) is 7.44. The molecule has 0 aliphatic heterocycles. The molecule has 1 unspecified atom stereocenters. The zero-order valence-electron chi connectivity index (χ0n) is 13.3. The molecular weight excluding hydrogens is 264 g/mol. The number of hydrogen-bond donors (Lipinski definition) is 2. The Morgan fingerprint density at radius 3 is 2.24 bits per heavy atom. The lowest BCUT2D eigenvalue weighted by molar-refractivity contribution is 0.0412. The van der Waals surface area contributed by atoms with Crippen LogP contribution in [0, 0.1) is 0 Å². The van der Waals surface area contributed by atoms with Crippen molar-refractivity contribution < 1.29 is 15.0 Å². The van der Waals surface area contributed by atoms with E-state index in [-0.39, 0.29) is 5.56 Å². The molecule has 3 heteroatoms. The van der Waals surface area contributed by atoms with Crippen LogP contribution in [0.3, 0.4) is 0 Å². The fourth-order valence-electron chi connectivity index (χ4n) is 2.70. The Labute approximate surface area is 128 Å². The number of aliphatic hydroxyl groups is 1. The average molecular weight is 292 g/mol. The van der Waals surface area contributed by atoms with Gasteiger partial charge in [-0.3, -0.25) is 0 Å². The number of carboxylic acid groups (broad SMARTS) is 1. The van der Waals surface area contributed by atoms with E-state index in [4.69, 9.17) is 0 Å². The Morgan fingerprint density at radius 1 is 1.05 bits per heavy atom. The van der Waals surface area contributed by atoms with Crippen LogP contribution < -0.4 is 0 Å². The number of aromatic carboxylic acids is 1. The molecule has 0 amide bonds. The Morgan fingerprint density at radius 2 is 1.62 bits per heavy atom. The fourth-order valence-corrected chi connectivity index (χ4v) is 2.70. The number of rotatable bonds is 10. The summed E-state index contributed by atoms with van der Waals surface area (Å²) in [5.74, 6) is -0.981. The molecule has 1 aromatic carbocycles. The minimum Gasteiger partial charge on any atom is -0.478 e. The molecule has 21 heavy (non-hydrogen) atoms. The lowest BCUT2D eigenvalue weighted by Gasteiger charge is -2.25. The molecule has 1 rings (SSSR count). The van der Waals surface area contributed by atoms with Gasteiger partial charge in [0, 0.05) is 0 Å². The van der Waals surface area contributed by atoms with Gasteiger partial charge in [0.05, 0.1) is 11.2 Å². The van der Waals surface area contributed by atoms with Gasteiger partial charge in [-0.1, -0.05) is 70.1 Å². The van der Waals surface area contributed by atoms with Gasteiger partial charge in [-0.2, -0.15) is 0 Å². The van der Waals surface area contributed by atoms with Gasteiger partial charge in [0.15, 0.2) is 0 Å². The predicted molar refractivity (Wildman–Crippen MR) is 85.6 cm³/mol. The highest BCUT2D eigenvalue weighted by Crippen LogP contribution is 2.29. The summed E-state index contributed by atoms with van der Waals surface area (Å²) < 4.78 is 0. The first-order chi connectivity index (χ1) is 9.99. The van der Waals surface area contributed by atoms with Crippen LogP contribution in [-0.4, -0.2) is 16.2 Å². The van der Waals surface area contributed by atoms with Gasteiger partial charge < -0.3 is 10.2 Å². The molecule has 0 aromatic heterocycles. The number of benzene rings is 1. The number of carboxylic acids is 1. The van der Waals surface area contributed by atoms with Crippen molar-refractivity contribution in [3.63, 3.8) is 0 Å². The van der Waals surface area contributed by atoms with Crippen molar-refractivity contribution in [3.05, 3.63) is 35.4 Å². The summed E-state index contributed by atoms with van der Waals surface area (Å²) in [4.78, 5) is 11.2. The van der Waals surface area contributed by atoms with E-state index in [0.717, 1.165) is 12.8 Å². The highest BCUT2D eigenvalue weighted by atomic mass is 16.4. The van der Waals surface area contributed by atoms with Crippen molar-refractivity contribution in [2.24, 2.45) is 0 Å². The van der Waals surface area contributed by atoms with Crippen molar-refractivity contribution in [1.82, 2.24) is 0 Å². The van der Waals surface area contributed by atoms with Crippen molar-refractivity contribution >= 4 is 5.97 Å². The molecule has 1 atom stereocenters. The molecule has 2 N–H and O–H groups in total. The summed E-state index contributed by atoms with van der Waals surface area (Å²) in [5.41, 5.74) is -0.354. The zero-order valence-corrected chi connectivity index (χ0v) is 13.3. The van der Waals surface area contributed by atoms with E-state index in [0.29, 0.717) is 12.0 Å². The quantitative estimate of drug-likeness (QED) is 0.613. The molecule has 0 aliphatic carbocycles. The maximum atomic E-state index is 11.2. The summed E-state index contributed by atoms with van der Waals surface area (Å²) in [6.07, 6.45) is 8.89. The summed E-state index contributed by atoms with van der Waals surface area (Å²) in [6.45, 7) is 3.92. The van der Waals surface area contributed by atoms with Crippen LogP contribution in [0.4, 0.5) is 0 Å². The third-order valence-corrected chi connectivity index (χ3v) is 4.00. The second-order valence-corrected chi connectivity index (χ2v) is 6.00. The van der Waals surface area contributed by atoms with Crippen LogP contribution in [0.2, 0.25) is 0 Å². The summed E-state index contributed by atoms with van der Waals surface area (Å²) in [5, 5.41) is 19.8. The van der Waals surface area contributed by atoms with Gasteiger partial charge in [0.2, 0.25) is 0 Å². The minimum absolute atomic E-state index is 0.199. The van der Waals surface area contributed by atoms with Crippen LogP contribution in [0.15, 0.2) is 24.3 Å². The number of hydrogen-bond acceptors (Lipinski definition) is 2. The lowest BCUT2D eigenvalue weighted by atomic mass is 9.87. The number of carbonyl (C=O) groups is 1. The molecule has 0 fully saturated rings. The van der Waals surface area contributed by atoms with Crippen LogP contribution >= 0.6 is 0 Å². The van der Waals surface area contributed by atoms with E-state index in [1.54, 1.807) is 31.2 Å². The zero-order chi connectivity index (χ0) is 15.7. The fraction of sp³-hybridized carbons (Fsp3) is 0.611. The Hall–Kier alpha value is -1.35. The van der Waals surface area contributed by atoms with Crippen molar-refractivity contribution in [1.29, 1.82) is 0 Å². The van der Waals surface area contributed by atoms with Gasteiger partial charge in [-0.25, -0.2) is 4.79 Å². The first kappa shape index (κ1) is 17.7. The third kappa shape index (κ3) is 5.88. The van der Waals surface area contributed by atoms with Crippen LogP contribution in [0.25, 0.3) is 0 Å². The molecule has 0 aliphatic rings. The monoisotopic (exact) mass is 292 g/mol. The normalized spacial score (nSPS) is 13.9. The maximum absolute atomic E-state index is 11.2. The molecule has 0 saturated heterocycles. The van der Waals surface area contributed by atoms with Crippen molar-refractivity contribution in [2.75, 3.05) is 0 Å². The second kappa shape index (κ2) is 8.83. The highest BCUT2D eigenvalue weighted by Gasteiger charge is 2.27.